The predicted molar refractivity (Wildman–Crippen MR) is 193 cm³/mol. The maximum Gasteiger partial charge on any atom is 0.194 e. The normalized spacial score (nSPS) is 14.3. The number of aliphatic hydroxyl groups is 4. The highest BCUT2D eigenvalue weighted by Gasteiger charge is 2.49. The molecule has 6 aromatic carbocycles. The van der Waals surface area contributed by atoms with Crippen LogP contribution in [0.2, 0.25) is 0 Å². The van der Waals surface area contributed by atoms with Crippen molar-refractivity contribution in [1.29, 1.82) is 0 Å². The second-order valence-electron chi connectivity index (χ2n) is 12.3. The van der Waals surface area contributed by atoms with E-state index in [-0.39, 0.29) is 0 Å². The van der Waals surface area contributed by atoms with Crippen molar-refractivity contribution in [3.05, 3.63) is 215 Å². The molecule has 6 aromatic rings. The van der Waals surface area contributed by atoms with E-state index in [0.29, 0.717) is 16.7 Å². The first-order chi connectivity index (χ1) is 24.4. The molecule has 0 amide bonds. The van der Waals surface area contributed by atoms with Gasteiger partial charge >= 0.3 is 0 Å². The molecule has 4 atom stereocenters. The third-order valence-corrected chi connectivity index (χ3v) is 9.40. The SMILES string of the molecule is O=C(C(O)COC(c1ccccc1)(c1ccccc1)c1ccccc1)[C@H](O)[C@H](O)C(O)C(c1ccccc1)(c1ccccc1)c1ccccc1. The average molecular weight is 665 g/mol. The number of carbonyl (C=O) groups excluding carboxylic acids is 1. The fourth-order valence-electron chi connectivity index (χ4n) is 6.96. The van der Waals surface area contributed by atoms with Gasteiger partial charge < -0.3 is 25.2 Å². The van der Waals surface area contributed by atoms with Crippen LogP contribution in [0.3, 0.4) is 0 Å². The molecule has 0 aromatic heterocycles. The van der Waals surface area contributed by atoms with Crippen LogP contribution in [0.25, 0.3) is 0 Å². The number of carbonyl (C=O) groups is 1. The zero-order valence-electron chi connectivity index (χ0n) is 27.4. The summed E-state index contributed by atoms with van der Waals surface area (Å²) in [7, 11) is 0. The van der Waals surface area contributed by atoms with E-state index in [4.69, 9.17) is 4.74 Å². The quantitative estimate of drug-likeness (QED) is 0.106. The molecule has 0 aliphatic rings. The van der Waals surface area contributed by atoms with E-state index in [9.17, 15) is 25.2 Å². The highest BCUT2D eigenvalue weighted by Crippen LogP contribution is 2.44. The van der Waals surface area contributed by atoms with Gasteiger partial charge in [0, 0.05) is 0 Å². The lowest BCUT2D eigenvalue weighted by molar-refractivity contribution is -0.153. The molecular weight excluding hydrogens is 624 g/mol. The first kappa shape index (κ1) is 34.6. The topological polar surface area (TPSA) is 107 Å². The van der Waals surface area contributed by atoms with Gasteiger partial charge in [-0.05, 0) is 33.4 Å². The van der Waals surface area contributed by atoms with Gasteiger partial charge in [-0.25, -0.2) is 0 Å². The van der Waals surface area contributed by atoms with Gasteiger partial charge in [0.05, 0.1) is 12.0 Å². The molecular formula is C44H40O6. The van der Waals surface area contributed by atoms with Gasteiger partial charge in [0.2, 0.25) is 0 Å². The third kappa shape index (κ3) is 6.55. The van der Waals surface area contributed by atoms with E-state index in [2.05, 4.69) is 0 Å². The maximum absolute atomic E-state index is 13.8. The molecule has 4 N–H and O–H groups in total. The maximum atomic E-state index is 13.8. The molecule has 50 heavy (non-hydrogen) atoms. The molecule has 0 spiro atoms. The second-order valence-corrected chi connectivity index (χ2v) is 12.3. The largest absolute Gasteiger partial charge is 0.389 e. The Bertz CT molecular complexity index is 1730. The zero-order chi connectivity index (χ0) is 35.0. The minimum absolute atomic E-state index is 0.515. The minimum atomic E-state index is -2.15. The predicted octanol–water partition coefficient (Wildman–Crippen LogP) is 6.04. The molecule has 0 aliphatic carbocycles. The molecule has 0 aliphatic heterocycles. The Hall–Kier alpha value is -5.21. The van der Waals surface area contributed by atoms with Gasteiger partial charge in [-0.3, -0.25) is 4.79 Å². The molecule has 0 saturated heterocycles. The van der Waals surface area contributed by atoms with Crippen LogP contribution in [-0.4, -0.2) is 57.2 Å². The number of rotatable bonds is 14. The number of benzene rings is 6. The third-order valence-electron chi connectivity index (χ3n) is 9.40. The lowest BCUT2D eigenvalue weighted by Gasteiger charge is -2.42. The number of ether oxygens (including phenoxy) is 1. The molecule has 2 unspecified atom stereocenters. The lowest BCUT2D eigenvalue weighted by atomic mass is 9.64. The fourth-order valence-corrected chi connectivity index (χ4v) is 6.96. The van der Waals surface area contributed by atoms with Gasteiger partial charge in [0.1, 0.15) is 30.0 Å². The van der Waals surface area contributed by atoms with E-state index in [1.165, 1.54) is 0 Å². The van der Waals surface area contributed by atoms with Gasteiger partial charge in [-0.1, -0.05) is 182 Å². The Morgan fingerprint density at radius 1 is 0.460 bits per heavy atom. The Balaban J connectivity index is 1.34. The first-order valence-corrected chi connectivity index (χ1v) is 16.6. The summed E-state index contributed by atoms with van der Waals surface area (Å²) >= 11 is 0. The summed E-state index contributed by atoms with van der Waals surface area (Å²) < 4.78 is 6.61. The highest BCUT2D eigenvalue weighted by atomic mass is 16.5. The van der Waals surface area contributed by atoms with Crippen molar-refractivity contribution in [1.82, 2.24) is 0 Å². The Morgan fingerprint density at radius 2 is 0.740 bits per heavy atom. The van der Waals surface area contributed by atoms with Gasteiger partial charge in [0.25, 0.3) is 0 Å². The number of Topliss-reactive ketones (excluding diaryl/α,β-unsaturated/α-hetero) is 1. The number of ketones is 1. The Labute approximate surface area is 292 Å². The summed E-state index contributed by atoms with van der Waals surface area (Å²) in [5.74, 6) is -1.08. The monoisotopic (exact) mass is 664 g/mol. The Morgan fingerprint density at radius 3 is 1.04 bits per heavy atom. The van der Waals surface area contributed by atoms with Crippen LogP contribution >= 0.6 is 0 Å². The van der Waals surface area contributed by atoms with Crippen molar-refractivity contribution in [2.75, 3.05) is 6.61 Å². The van der Waals surface area contributed by atoms with Crippen LogP contribution < -0.4 is 0 Å². The van der Waals surface area contributed by atoms with Gasteiger partial charge in [-0.15, -0.1) is 0 Å². The van der Waals surface area contributed by atoms with Crippen molar-refractivity contribution >= 4 is 5.78 Å². The van der Waals surface area contributed by atoms with Crippen LogP contribution in [0, 0.1) is 0 Å². The highest BCUT2D eigenvalue weighted by molar-refractivity contribution is 5.87. The fraction of sp³-hybridized carbons (Fsp3) is 0.159. The molecule has 6 nitrogen and oxygen atoms in total. The average Bonchev–Trinajstić information content (AvgIpc) is 3.20. The van der Waals surface area contributed by atoms with Gasteiger partial charge in [0.15, 0.2) is 5.78 Å². The molecule has 0 heterocycles. The van der Waals surface area contributed by atoms with E-state index in [1.54, 1.807) is 0 Å². The first-order valence-electron chi connectivity index (χ1n) is 16.6. The van der Waals surface area contributed by atoms with Crippen molar-refractivity contribution in [2.45, 2.75) is 35.4 Å². The minimum Gasteiger partial charge on any atom is -0.389 e. The summed E-state index contributed by atoms with van der Waals surface area (Å²) in [5.41, 5.74) is 1.62. The van der Waals surface area contributed by atoms with E-state index >= 15 is 0 Å². The zero-order valence-corrected chi connectivity index (χ0v) is 27.4. The number of hydrogen-bond acceptors (Lipinski definition) is 6. The molecule has 252 valence electrons. The van der Waals surface area contributed by atoms with Crippen LogP contribution in [0.1, 0.15) is 33.4 Å². The second kappa shape index (κ2) is 15.6. The summed E-state index contributed by atoms with van der Waals surface area (Å²) in [6, 6.07) is 56.1. The lowest BCUT2D eigenvalue weighted by Crippen LogP contribution is -2.55. The number of aliphatic hydroxyl groups excluding tert-OH is 4. The van der Waals surface area contributed by atoms with Crippen LogP contribution in [-0.2, 0) is 20.5 Å². The van der Waals surface area contributed by atoms with E-state index in [1.807, 2.05) is 182 Å². The van der Waals surface area contributed by atoms with Crippen molar-refractivity contribution in [2.24, 2.45) is 0 Å². The van der Waals surface area contributed by atoms with Crippen molar-refractivity contribution < 1.29 is 30.0 Å². The summed E-state index contributed by atoms with van der Waals surface area (Å²) in [6.07, 6.45) is -7.72. The van der Waals surface area contributed by atoms with Gasteiger partial charge in [-0.2, -0.15) is 0 Å². The standard InChI is InChI=1S/C44H40O6/c45-38(31-50-44(35-25-13-4-14-26-35,36-27-15-5-16-28-36)37-29-17-6-18-30-37)39(46)40(47)41(48)42(49)43(32-19-7-1-8-20-32,33-21-9-2-10-22-33)34-23-11-3-12-24-34/h1-30,38,40-42,45,47-49H,31H2/t38?,40-,41-,42?/m0/s1. The molecule has 6 rings (SSSR count). The molecule has 0 saturated carbocycles. The molecule has 0 radical (unpaired) electrons. The molecule has 0 fully saturated rings. The summed E-state index contributed by atoms with van der Waals surface area (Å²) in [4.78, 5) is 13.8. The van der Waals surface area contributed by atoms with Crippen LogP contribution in [0.5, 0.6) is 0 Å². The molecule has 0 bridgehead atoms. The smallest absolute Gasteiger partial charge is 0.194 e. The number of hydrogen-bond donors (Lipinski definition) is 4. The van der Waals surface area contributed by atoms with Crippen molar-refractivity contribution in [3.8, 4) is 0 Å². The van der Waals surface area contributed by atoms with E-state index in [0.717, 1.165) is 16.7 Å². The Kier molecular flexibility index (Phi) is 10.8. The summed E-state index contributed by atoms with van der Waals surface area (Å²) in [5, 5.41) is 46.7. The summed E-state index contributed by atoms with van der Waals surface area (Å²) in [6.45, 7) is -0.515. The van der Waals surface area contributed by atoms with Crippen molar-refractivity contribution in [3.63, 3.8) is 0 Å². The van der Waals surface area contributed by atoms with Crippen LogP contribution in [0.15, 0.2) is 182 Å². The molecule has 6 heteroatoms. The van der Waals surface area contributed by atoms with Crippen LogP contribution in [0.4, 0.5) is 0 Å². The van der Waals surface area contributed by atoms with E-state index < -0.39 is 47.8 Å².